The first-order valence-corrected chi connectivity index (χ1v) is 10.5. The monoisotopic (exact) mass is 404 g/mol. The molecule has 152 valence electrons. The molecule has 3 N–H and O–H groups in total. The Hall–Kier alpha value is -4.05. The molecule has 0 radical (unpaired) electrons. The van der Waals surface area contributed by atoms with E-state index in [-0.39, 0.29) is 0 Å². The van der Waals surface area contributed by atoms with Crippen LogP contribution in [0.15, 0.2) is 103 Å². The molecule has 4 aromatic carbocycles. The van der Waals surface area contributed by atoms with Gasteiger partial charge in [0.05, 0.1) is 11.4 Å². The zero-order chi connectivity index (χ0) is 21.0. The van der Waals surface area contributed by atoms with Crippen molar-refractivity contribution >= 4 is 27.8 Å². The van der Waals surface area contributed by atoms with E-state index in [4.69, 9.17) is 5.73 Å². The Morgan fingerprint density at radius 2 is 1.55 bits per heavy atom. The summed E-state index contributed by atoms with van der Waals surface area (Å²) in [7, 11) is 0. The van der Waals surface area contributed by atoms with Gasteiger partial charge < -0.3 is 15.6 Å². The number of nitrogens with zero attached hydrogens (tertiary/aromatic N) is 2. The molecule has 5 aromatic rings. The van der Waals surface area contributed by atoms with Crippen LogP contribution in [-0.4, -0.2) is 9.55 Å². The lowest BCUT2D eigenvalue weighted by atomic mass is 10.1. The molecule has 1 heterocycles. The standard InChI is InChI=1S/C27H24N4/c28-27-24-9-5-4-8-21(24)11-16-25(27)30-22-12-14-23(15-13-22)31-19-18-29-26(31)17-10-20-6-2-1-3-7-20/h1-9,11-16,18-19,30H,10,17,28H2. The van der Waals surface area contributed by atoms with Crippen LogP contribution < -0.4 is 11.1 Å². The van der Waals surface area contributed by atoms with E-state index in [1.807, 2.05) is 36.7 Å². The van der Waals surface area contributed by atoms with Crippen LogP contribution in [0, 0.1) is 0 Å². The molecule has 0 amide bonds. The summed E-state index contributed by atoms with van der Waals surface area (Å²) in [6.45, 7) is 0. The largest absolute Gasteiger partial charge is 0.397 e. The van der Waals surface area contributed by atoms with Crippen LogP contribution in [0.5, 0.6) is 0 Å². The number of nitrogen functional groups attached to an aromatic ring is 1. The Kier molecular flexibility index (Phi) is 5.11. The van der Waals surface area contributed by atoms with Crippen LogP contribution in [0.1, 0.15) is 11.4 Å². The number of nitrogens with one attached hydrogen (secondary N) is 1. The summed E-state index contributed by atoms with van der Waals surface area (Å²) in [5.74, 6) is 1.06. The first-order valence-electron chi connectivity index (χ1n) is 10.5. The lowest BCUT2D eigenvalue weighted by molar-refractivity contribution is 0.829. The molecule has 0 unspecified atom stereocenters. The van der Waals surface area contributed by atoms with E-state index in [9.17, 15) is 0 Å². The predicted octanol–water partition coefficient (Wildman–Crippen LogP) is 6.14. The SMILES string of the molecule is Nc1c(Nc2ccc(-n3ccnc3CCc3ccccc3)cc2)ccc2ccccc12. The van der Waals surface area contributed by atoms with E-state index < -0.39 is 0 Å². The van der Waals surface area contributed by atoms with Crippen LogP contribution in [0.2, 0.25) is 0 Å². The maximum absolute atomic E-state index is 6.40. The lowest BCUT2D eigenvalue weighted by Crippen LogP contribution is -2.03. The van der Waals surface area contributed by atoms with Gasteiger partial charge in [0.15, 0.2) is 0 Å². The molecule has 1 aromatic heterocycles. The molecule has 0 saturated carbocycles. The minimum atomic E-state index is 0.764. The highest BCUT2D eigenvalue weighted by Gasteiger charge is 2.07. The van der Waals surface area contributed by atoms with Crippen LogP contribution in [0.4, 0.5) is 17.1 Å². The normalized spacial score (nSPS) is 11.0. The molecule has 0 aliphatic carbocycles. The highest BCUT2D eigenvalue weighted by Crippen LogP contribution is 2.31. The summed E-state index contributed by atoms with van der Waals surface area (Å²) < 4.78 is 2.15. The fourth-order valence-electron chi connectivity index (χ4n) is 3.92. The van der Waals surface area contributed by atoms with Gasteiger partial charge in [0, 0.05) is 35.6 Å². The van der Waals surface area contributed by atoms with Crippen LogP contribution in [0.25, 0.3) is 16.5 Å². The van der Waals surface area contributed by atoms with Crippen molar-refractivity contribution in [1.82, 2.24) is 9.55 Å². The molecule has 4 nitrogen and oxygen atoms in total. The fraction of sp³-hybridized carbons (Fsp3) is 0.0741. The van der Waals surface area contributed by atoms with Crippen molar-refractivity contribution in [1.29, 1.82) is 0 Å². The van der Waals surface area contributed by atoms with Gasteiger partial charge in [-0.1, -0.05) is 60.7 Å². The number of imidazole rings is 1. The first kappa shape index (κ1) is 18.9. The second-order valence-electron chi connectivity index (χ2n) is 7.62. The Morgan fingerprint density at radius 3 is 2.39 bits per heavy atom. The van der Waals surface area contributed by atoms with E-state index in [1.54, 1.807) is 0 Å². The quantitative estimate of drug-likeness (QED) is 0.334. The third-order valence-corrected chi connectivity index (χ3v) is 5.59. The molecule has 0 spiro atoms. The van der Waals surface area contributed by atoms with Gasteiger partial charge in [-0.05, 0) is 47.7 Å². The molecule has 0 atom stereocenters. The zero-order valence-electron chi connectivity index (χ0n) is 17.2. The molecule has 4 heteroatoms. The molecule has 31 heavy (non-hydrogen) atoms. The minimum absolute atomic E-state index is 0.764. The molecular weight excluding hydrogens is 380 g/mol. The topological polar surface area (TPSA) is 55.9 Å². The van der Waals surface area contributed by atoms with Crippen molar-refractivity contribution < 1.29 is 0 Å². The third-order valence-electron chi connectivity index (χ3n) is 5.59. The number of aromatic nitrogens is 2. The number of aryl methyl sites for hydroxylation is 2. The maximum atomic E-state index is 6.40. The van der Waals surface area contributed by atoms with Crippen molar-refractivity contribution in [3.05, 3.63) is 115 Å². The van der Waals surface area contributed by atoms with Crippen LogP contribution >= 0.6 is 0 Å². The zero-order valence-corrected chi connectivity index (χ0v) is 17.2. The summed E-state index contributed by atoms with van der Waals surface area (Å²) in [6, 6.07) is 31.2. The molecule has 5 rings (SSSR count). The Bertz CT molecular complexity index is 1300. The second-order valence-corrected chi connectivity index (χ2v) is 7.62. The number of nitrogens with two attached hydrogens (primary N) is 1. The Morgan fingerprint density at radius 1 is 0.774 bits per heavy atom. The van der Waals surface area contributed by atoms with Gasteiger partial charge in [-0.3, -0.25) is 0 Å². The highest BCUT2D eigenvalue weighted by atomic mass is 15.1. The average Bonchev–Trinajstić information content (AvgIpc) is 3.29. The Balaban J connectivity index is 1.33. The van der Waals surface area contributed by atoms with Crippen molar-refractivity contribution in [3.8, 4) is 5.69 Å². The maximum Gasteiger partial charge on any atom is 0.113 e. The van der Waals surface area contributed by atoms with E-state index in [2.05, 4.69) is 81.6 Å². The lowest BCUT2D eigenvalue weighted by Gasteiger charge is -2.13. The molecular formula is C27H24N4. The summed E-state index contributed by atoms with van der Waals surface area (Å²) in [4.78, 5) is 4.57. The van der Waals surface area contributed by atoms with Gasteiger partial charge >= 0.3 is 0 Å². The number of rotatable bonds is 6. The van der Waals surface area contributed by atoms with E-state index in [0.29, 0.717) is 0 Å². The molecule has 0 fully saturated rings. The highest BCUT2D eigenvalue weighted by molar-refractivity contribution is 5.99. The third kappa shape index (κ3) is 4.01. The molecule has 0 aliphatic rings. The summed E-state index contributed by atoms with van der Waals surface area (Å²) in [5, 5.41) is 5.65. The van der Waals surface area contributed by atoms with Crippen LogP contribution in [0.3, 0.4) is 0 Å². The number of hydrogen-bond donors (Lipinski definition) is 2. The smallest absolute Gasteiger partial charge is 0.113 e. The van der Waals surface area contributed by atoms with Gasteiger partial charge in [0.25, 0.3) is 0 Å². The van der Waals surface area contributed by atoms with E-state index in [0.717, 1.165) is 52.2 Å². The van der Waals surface area contributed by atoms with Gasteiger partial charge in [-0.2, -0.15) is 0 Å². The van der Waals surface area contributed by atoms with Gasteiger partial charge in [-0.25, -0.2) is 4.98 Å². The van der Waals surface area contributed by atoms with Crippen molar-refractivity contribution in [2.24, 2.45) is 0 Å². The molecule has 0 saturated heterocycles. The average molecular weight is 405 g/mol. The van der Waals surface area contributed by atoms with Gasteiger partial charge in [0.2, 0.25) is 0 Å². The van der Waals surface area contributed by atoms with Crippen molar-refractivity contribution in [2.75, 3.05) is 11.1 Å². The summed E-state index contributed by atoms with van der Waals surface area (Å²) in [6.07, 6.45) is 5.75. The number of hydrogen-bond acceptors (Lipinski definition) is 3. The summed E-state index contributed by atoms with van der Waals surface area (Å²) in [5.41, 5.74) is 11.5. The Labute approximate surface area is 182 Å². The summed E-state index contributed by atoms with van der Waals surface area (Å²) >= 11 is 0. The van der Waals surface area contributed by atoms with Crippen LogP contribution in [-0.2, 0) is 12.8 Å². The first-order chi connectivity index (χ1) is 15.3. The second kappa shape index (κ2) is 8.36. The molecule has 0 aliphatic heterocycles. The predicted molar refractivity (Wildman–Crippen MR) is 129 cm³/mol. The molecule has 0 bridgehead atoms. The number of benzene rings is 4. The number of fused-ring (bicyclic) bond motifs is 1. The van der Waals surface area contributed by atoms with Crippen molar-refractivity contribution in [3.63, 3.8) is 0 Å². The minimum Gasteiger partial charge on any atom is -0.397 e. The van der Waals surface area contributed by atoms with Gasteiger partial charge in [-0.15, -0.1) is 0 Å². The van der Waals surface area contributed by atoms with Crippen molar-refractivity contribution in [2.45, 2.75) is 12.8 Å². The van der Waals surface area contributed by atoms with E-state index in [1.165, 1.54) is 5.56 Å². The number of anilines is 3. The fourth-order valence-corrected chi connectivity index (χ4v) is 3.92. The van der Waals surface area contributed by atoms with E-state index >= 15 is 0 Å². The van der Waals surface area contributed by atoms with Gasteiger partial charge in [0.1, 0.15) is 5.82 Å².